The van der Waals surface area contributed by atoms with Crippen LogP contribution in [0, 0.1) is 10.5 Å². The predicted octanol–water partition coefficient (Wildman–Crippen LogP) is 4.24. The van der Waals surface area contributed by atoms with E-state index in [4.69, 9.17) is 11.6 Å². The number of pyridine rings is 1. The van der Waals surface area contributed by atoms with Gasteiger partial charge in [-0.3, -0.25) is 14.1 Å². The Labute approximate surface area is 172 Å². The molecular weight excluding hydrogens is 489 g/mol. The number of benzene rings is 1. The fourth-order valence-electron chi connectivity index (χ4n) is 2.39. The molecule has 142 valence electrons. The molecule has 2 aromatic rings. The van der Waals surface area contributed by atoms with Gasteiger partial charge in [-0.2, -0.15) is 0 Å². The van der Waals surface area contributed by atoms with Crippen LogP contribution in [-0.2, 0) is 17.1 Å². The van der Waals surface area contributed by atoms with Crippen molar-refractivity contribution in [1.29, 1.82) is 0 Å². The summed E-state index contributed by atoms with van der Waals surface area (Å²) in [4.78, 5) is 12.3. The van der Waals surface area contributed by atoms with Gasteiger partial charge in [0.2, 0.25) is 10.0 Å². The van der Waals surface area contributed by atoms with Crippen LogP contribution in [-0.4, -0.2) is 18.7 Å². The third-order valence-electron chi connectivity index (χ3n) is 3.81. The molecule has 0 aliphatic heterocycles. The van der Waals surface area contributed by atoms with Gasteiger partial charge in [0.15, 0.2) is 0 Å². The molecule has 0 spiro atoms. The average Bonchev–Trinajstić information content (AvgIpc) is 2.56. The zero-order valence-electron chi connectivity index (χ0n) is 14.8. The summed E-state index contributed by atoms with van der Waals surface area (Å²) in [7, 11) is -1.93. The lowest BCUT2D eigenvalue weighted by molar-refractivity contribution is 0.598. The Hall–Kier alpha value is -1.26. The number of rotatable bonds is 7. The molecule has 0 atom stereocenters. The van der Waals surface area contributed by atoms with Gasteiger partial charge >= 0.3 is 0 Å². The molecule has 1 aromatic carbocycles. The van der Waals surface area contributed by atoms with Crippen molar-refractivity contribution in [3.8, 4) is 0 Å². The molecule has 0 amide bonds. The van der Waals surface area contributed by atoms with E-state index in [-0.39, 0.29) is 11.3 Å². The van der Waals surface area contributed by atoms with Gasteiger partial charge in [-0.25, -0.2) is 8.42 Å². The molecule has 1 aromatic heterocycles. The molecule has 0 fully saturated rings. The van der Waals surface area contributed by atoms with Crippen molar-refractivity contribution in [1.82, 2.24) is 4.57 Å². The van der Waals surface area contributed by atoms with Crippen LogP contribution in [0.4, 0.5) is 17.2 Å². The molecule has 2 N–H and O–H groups in total. The largest absolute Gasteiger partial charge is 0.339 e. The summed E-state index contributed by atoms with van der Waals surface area (Å²) in [6, 6.07) is 6.96. The van der Waals surface area contributed by atoms with E-state index in [2.05, 4.69) is 32.6 Å². The number of aryl methyl sites for hydroxylation is 1. The smallest absolute Gasteiger partial charge is 0.254 e. The van der Waals surface area contributed by atoms with Crippen molar-refractivity contribution in [2.24, 2.45) is 7.05 Å². The predicted molar refractivity (Wildman–Crippen MR) is 116 cm³/mol. The molecule has 0 radical (unpaired) electrons. The lowest BCUT2D eigenvalue weighted by atomic mass is 10.2. The maximum atomic E-state index is 12.3. The molecule has 9 heteroatoms. The molecule has 0 unspecified atom stereocenters. The molecule has 26 heavy (non-hydrogen) atoms. The van der Waals surface area contributed by atoms with Gasteiger partial charge in [-0.05, 0) is 60.2 Å². The summed E-state index contributed by atoms with van der Waals surface area (Å²) in [5.74, 6) is 0.360. The number of halogens is 2. The van der Waals surface area contributed by atoms with Gasteiger partial charge < -0.3 is 5.32 Å². The van der Waals surface area contributed by atoms with Crippen LogP contribution >= 0.6 is 34.2 Å². The number of hydrogen-bond donors (Lipinski definition) is 2. The standard InChI is InChI=1S/C17H21ClIN3O3S/c1-4-5-8-26(24,25)21-15-9-11(2)17(23)22(3)16(15)20-14-7-6-12(19)10-13(14)18/h6-7,9-10,20-21H,4-5,8H2,1-3H3. The van der Waals surface area contributed by atoms with Crippen LogP contribution < -0.4 is 15.6 Å². The highest BCUT2D eigenvalue weighted by atomic mass is 127. The molecule has 0 saturated heterocycles. The van der Waals surface area contributed by atoms with Crippen LogP contribution in [0.3, 0.4) is 0 Å². The number of aromatic nitrogens is 1. The summed E-state index contributed by atoms with van der Waals surface area (Å²) in [5.41, 5.74) is 1.13. The van der Waals surface area contributed by atoms with E-state index in [1.165, 1.54) is 10.6 Å². The fourth-order valence-corrected chi connectivity index (χ4v) is 4.56. The van der Waals surface area contributed by atoms with E-state index >= 15 is 0 Å². The van der Waals surface area contributed by atoms with Gasteiger partial charge in [0, 0.05) is 16.2 Å². The first kappa shape index (κ1) is 21.0. The third kappa shape index (κ3) is 5.14. The van der Waals surface area contributed by atoms with Crippen LogP contribution in [0.2, 0.25) is 5.02 Å². The molecule has 2 rings (SSSR count). The van der Waals surface area contributed by atoms with E-state index in [1.807, 2.05) is 13.0 Å². The fraction of sp³-hybridized carbons (Fsp3) is 0.353. The van der Waals surface area contributed by atoms with Crippen molar-refractivity contribution in [3.63, 3.8) is 0 Å². The first-order chi connectivity index (χ1) is 12.1. The van der Waals surface area contributed by atoms with Crippen LogP contribution in [0.5, 0.6) is 0 Å². The molecular formula is C17H21ClIN3O3S. The molecule has 0 aliphatic rings. The highest BCUT2D eigenvalue weighted by molar-refractivity contribution is 14.1. The molecule has 0 aliphatic carbocycles. The van der Waals surface area contributed by atoms with E-state index in [9.17, 15) is 13.2 Å². The molecule has 6 nitrogen and oxygen atoms in total. The summed E-state index contributed by atoms with van der Waals surface area (Å²) in [5, 5.41) is 3.56. The molecule has 1 heterocycles. The van der Waals surface area contributed by atoms with E-state index in [1.54, 1.807) is 26.1 Å². The number of nitrogens with zero attached hydrogens (tertiary/aromatic N) is 1. The second kappa shape index (κ2) is 8.62. The Kier molecular flexibility index (Phi) is 6.98. The van der Waals surface area contributed by atoms with Gasteiger partial charge in [0.25, 0.3) is 5.56 Å². The quantitative estimate of drug-likeness (QED) is 0.547. The second-order valence-corrected chi connectivity index (χ2v) is 9.47. The number of unbranched alkanes of at least 4 members (excludes halogenated alkanes) is 1. The van der Waals surface area contributed by atoms with Gasteiger partial charge in [-0.1, -0.05) is 24.9 Å². The van der Waals surface area contributed by atoms with Crippen molar-refractivity contribution in [2.75, 3.05) is 15.8 Å². The van der Waals surface area contributed by atoms with Crippen molar-refractivity contribution in [2.45, 2.75) is 26.7 Å². The number of anilines is 3. The van der Waals surface area contributed by atoms with Crippen molar-refractivity contribution >= 4 is 61.4 Å². The van der Waals surface area contributed by atoms with Gasteiger partial charge in [-0.15, -0.1) is 0 Å². The van der Waals surface area contributed by atoms with Crippen LogP contribution in [0.25, 0.3) is 0 Å². The average molecular weight is 510 g/mol. The summed E-state index contributed by atoms with van der Waals surface area (Å²) < 4.78 is 29.6. The Morgan fingerprint density at radius 1 is 1.23 bits per heavy atom. The van der Waals surface area contributed by atoms with Crippen molar-refractivity contribution in [3.05, 3.63) is 48.8 Å². The minimum Gasteiger partial charge on any atom is -0.339 e. The minimum absolute atomic E-state index is 0.0229. The zero-order chi connectivity index (χ0) is 19.5. The van der Waals surface area contributed by atoms with E-state index in [0.29, 0.717) is 34.2 Å². The SMILES string of the molecule is CCCCS(=O)(=O)Nc1cc(C)c(=O)n(C)c1Nc1ccc(I)cc1Cl. The monoisotopic (exact) mass is 509 g/mol. The maximum absolute atomic E-state index is 12.3. The zero-order valence-corrected chi connectivity index (χ0v) is 18.5. The highest BCUT2D eigenvalue weighted by Crippen LogP contribution is 2.30. The summed E-state index contributed by atoms with van der Waals surface area (Å²) in [6.07, 6.45) is 1.34. The third-order valence-corrected chi connectivity index (χ3v) is 6.15. The topological polar surface area (TPSA) is 80.2 Å². The minimum atomic E-state index is -3.51. The second-order valence-electron chi connectivity index (χ2n) is 5.98. The number of hydrogen-bond acceptors (Lipinski definition) is 4. The van der Waals surface area contributed by atoms with Crippen molar-refractivity contribution < 1.29 is 8.42 Å². The first-order valence-electron chi connectivity index (χ1n) is 8.08. The molecule has 0 bridgehead atoms. The highest BCUT2D eigenvalue weighted by Gasteiger charge is 2.17. The lowest BCUT2D eigenvalue weighted by Crippen LogP contribution is -2.25. The normalized spacial score (nSPS) is 11.4. The van der Waals surface area contributed by atoms with Gasteiger partial charge in [0.1, 0.15) is 5.82 Å². The number of sulfonamides is 1. The Bertz CT molecular complexity index is 974. The summed E-state index contributed by atoms with van der Waals surface area (Å²) in [6.45, 7) is 3.57. The molecule has 0 saturated carbocycles. The Morgan fingerprint density at radius 3 is 2.54 bits per heavy atom. The Balaban J connectivity index is 2.50. The van der Waals surface area contributed by atoms with Gasteiger partial charge in [0.05, 0.1) is 22.2 Å². The van der Waals surface area contributed by atoms with E-state index < -0.39 is 10.0 Å². The summed E-state index contributed by atoms with van der Waals surface area (Å²) >= 11 is 8.41. The Morgan fingerprint density at radius 2 is 1.92 bits per heavy atom. The first-order valence-corrected chi connectivity index (χ1v) is 11.2. The maximum Gasteiger partial charge on any atom is 0.254 e. The van der Waals surface area contributed by atoms with E-state index in [0.717, 1.165) is 9.99 Å². The number of nitrogens with one attached hydrogen (secondary N) is 2. The van der Waals surface area contributed by atoms with Crippen LogP contribution in [0.15, 0.2) is 29.1 Å². The lowest BCUT2D eigenvalue weighted by Gasteiger charge is -2.19. The van der Waals surface area contributed by atoms with Crippen LogP contribution in [0.1, 0.15) is 25.3 Å².